The van der Waals surface area contributed by atoms with Crippen molar-refractivity contribution < 1.29 is 9.21 Å². The predicted molar refractivity (Wildman–Crippen MR) is 70.1 cm³/mol. The molecule has 0 saturated carbocycles. The van der Waals surface area contributed by atoms with E-state index in [-0.39, 0.29) is 18.4 Å². The Hall–Kier alpha value is -2.23. The van der Waals surface area contributed by atoms with Crippen molar-refractivity contribution in [2.24, 2.45) is 5.73 Å². The Labute approximate surface area is 106 Å². The van der Waals surface area contributed by atoms with Crippen molar-refractivity contribution in [3.05, 3.63) is 54.0 Å². The summed E-state index contributed by atoms with van der Waals surface area (Å²) in [7, 11) is 0. The lowest BCUT2D eigenvalue weighted by Gasteiger charge is -2.13. The van der Waals surface area contributed by atoms with Crippen LogP contribution in [-0.4, -0.2) is 5.91 Å². The average Bonchev–Trinajstić information content (AvgIpc) is 2.84. The van der Waals surface area contributed by atoms with Gasteiger partial charge in [0.2, 0.25) is 5.91 Å². The zero-order valence-electron chi connectivity index (χ0n) is 10.2. The molecule has 1 heterocycles. The number of nitrogens with one attached hydrogen (secondary N) is 1. The molecule has 94 valence electrons. The largest absolute Gasteiger partial charge is 0.467 e. The van der Waals surface area contributed by atoms with Crippen LogP contribution in [0.15, 0.2) is 47.1 Å². The molecule has 0 aliphatic carbocycles. The van der Waals surface area contributed by atoms with Crippen LogP contribution in [0, 0.1) is 0 Å². The van der Waals surface area contributed by atoms with E-state index in [0.29, 0.717) is 0 Å². The Bertz CT molecular complexity index is 503. The van der Waals surface area contributed by atoms with Crippen LogP contribution in [0.5, 0.6) is 0 Å². The van der Waals surface area contributed by atoms with Gasteiger partial charge in [-0.25, -0.2) is 0 Å². The maximum Gasteiger partial charge on any atom is 0.221 e. The molecule has 4 nitrogen and oxygen atoms in total. The summed E-state index contributed by atoms with van der Waals surface area (Å²) in [6.45, 7) is 2.02. The van der Waals surface area contributed by atoms with Crippen LogP contribution < -0.4 is 11.1 Å². The molecule has 4 heteroatoms. The van der Waals surface area contributed by atoms with Crippen molar-refractivity contribution in [2.75, 3.05) is 5.32 Å². The first-order valence-electron chi connectivity index (χ1n) is 5.82. The van der Waals surface area contributed by atoms with E-state index in [9.17, 15) is 4.79 Å². The molecule has 3 N–H and O–H groups in total. The lowest BCUT2D eigenvalue weighted by molar-refractivity contribution is -0.117. The van der Waals surface area contributed by atoms with Gasteiger partial charge in [-0.05, 0) is 36.8 Å². The minimum absolute atomic E-state index is 0.0991. The number of benzene rings is 1. The third-order valence-electron chi connectivity index (χ3n) is 2.69. The molecule has 2 rings (SSSR count). The lowest BCUT2D eigenvalue weighted by Crippen LogP contribution is -2.13. The highest BCUT2D eigenvalue weighted by molar-refractivity contribution is 5.76. The van der Waals surface area contributed by atoms with Gasteiger partial charge < -0.3 is 15.5 Å². The summed E-state index contributed by atoms with van der Waals surface area (Å²) >= 11 is 0. The van der Waals surface area contributed by atoms with Gasteiger partial charge in [-0.2, -0.15) is 0 Å². The number of rotatable bonds is 5. The fourth-order valence-electron chi connectivity index (χ4n) is 1.78. The van der Waals surface area contributed by atoms with Gasteiger partial charge >= 0.3 is 0 Å². The Morgan fingerprint density at radius 3 is 2.61 bits per heavy atom. The summed E-state index contributed by atoms with van der Waals surface area (Å²) in [6, 6.07) is 11.5. The molecular formula is C14H16N2O2. The zero-order valence-corrected chi connectivity index (χ0v) is 10.2. The summed E-state index contributed by atoms with van der Waals surface area (Å²) in [5.41, 5.74) is 7.03. The van der Waals surface area contributed by atoms with Crippen LogP contribution >= 0.6 is 0 Å². The quantitative estimate of drug-likeness (QED) is 0.849. The van der Waals surface area contributed by atoms with E-state index < -0.39 is 0 Å². The topological polar surface area (TPSA) is 68.3 Å². The second-order valence-electron chi connectivity index (χ2n) is 4.22. The third kappa shape index (κ3) is 3.13. The molecule has 18 heavy (non-hydrogen) atoms. The van der Waals surface area contributed by atoms with Gasteiger partial charge in [0, 0.05) is 5.69 Å². The minimum atomic E-state index is -0.320. The molecule has 0 bridgehead atoms. The number of carbonyl (C=O) groups is 1. The standard InChI is InChI=1S/C14H16N2O2/c1-10(13-3-2-8-18-13)16-12-6-4-11(5-7-12)9-14(15)17/h2-8,10,16H,9H2,1H3,(H2,15,17). The summed E-state index contributed by atoms with van der Waals surface area (Å²) in [5, 5.41) is 3.31. The van der Waals surface area contributed by atoms with E-state index >= 15 is 0 Å². The molecular weight excluding hydrogens is 228 g/mol. The van der Waals surface area contributed by atoms with Gasteiger partial charge in [-0.1, -0.05) is 12.1 Å². The summed E-state index contributed by atoms with van der Waals surface area (Å²) in [4.78, 5) is 10.8. The molecule has 1 amide bonds. The minimum Gasteiger partial charge on any atom is -0.467 e. The van der Waals surface area contributed by atoms with E-state index in [1.807, 2.05) is 43.3 Å². The van der Waals surface area contributed by atoms with Crippen LogP contribution in [0.2, 0.25) is 0 Å². The lowest BCUT2D eigenvalue weighted by atomic mass is 10.1. The molecule has 0 aliphatic heterocycles. The van der Waals surface area contributed by atoms with E-state index in [1.54, 1.807) is 6.26 Å². The van der Waals surface area contributed by atoms with Crippen molar-refractivity contribution in [3.8, 4) is 0 Å². The maximum absolute atomic E-state index is 10.8. The third-order valence-corrected chi connectivity index (χ3v) is 2.69. The number of hydrogen-bond donors (Lipinski definition) is 2. The number of primary amides is 1. The molecule has 1 atom stereocenters. The Balaban J connectivity index is 2.00. The Morgan fingerprint density at radius 1 is 1.33 bits per heavy atom. The monoisotopic (exact) mass is 244 g/mol. The van der Waals surface area contributed by atoms with Crippen molar-refractivity contribution in [1.29, 1.82) is 0 Å². The summed E-state index contributed by atoms with van der Waals surface area (Å²) in [5.74, 6) is 0.566. The highest BCUT2D eigenvalue weighted by Crippen LogP contribution is 2.19. The van der Waals surface area contributed by atoms with Gasteiger partial charge in [0.1, 0.15) is 5.76 Å². The number of amides is 1. The van der Waals surface area contributed by atoms with E-state index in [1.165, 1.54) is 0 Å². The number of anilines is 1. The normalized spacial score (nSPS) is 12.1. The number of hydrogen-bond acceptors (Lipinski definition) is 3. The second-order valence-corrected chi connectivity index (χ2v) is 4.22. The smallest absolute Gasteiger partial charge is 0.221 e. The number of furan rings is 1. The molecule has 1 aromatic carbocycles. The zero-order chi connectivity index (χ0) is 13.0. The molecule has 0 radical (unpaired) electrons. The van der Waals surface area contributed by atoms with Crippen LogP contribution in [0.1, 0.15) is 24.3 Å². The van der Waals surface area contributed by atoms with Gasteiger partial charge in [0.05, 0.1) is 18.7 Å². The Kier molecular flexibility index (Phi) is 3.67. The SMILES string of the molecule is CC(Nc1ccc(CC(N)=O)cc1)c1ccco1. The van der Waals surface area contributed by atoms with Crippen LogP contribution in [-0.2, 0) is 11.2 Å². The van der Waals surface area contributed by atoms with Gasteiger partial charge in [0.15, 0.2) is 0 Å². The fourth-order valence-corrected chi connectivity index (χ4v) is 1.78. The van der Waals surface area contributed by atoms with Crippen molar-refractivity contribution >= 4 is 11.6 Å². The van der Waals surface area contributed by atoms with Gasteiger partial charge in [-0.15, -0.1) is 0 Å². The fraction of sp³-hybridized carbons (Fsp3) is 0.214. The molecule has 2 aromatic rings. The summed E-state index contributed by atoms with van der Waals surface area (Å²) in [6.07, 6.45) is 1.93. The average molecular weight is 244 g/mol. The number of carbonyl (C=O) groups excluding carboxylic acids is 1. The van der Waals surface area contributed by atoms with Crippen LogP contribution in [0.4, 0.5) is 5.69 Å². The predicted octanol–water partition coefficient (Wildman–Crippen LogP) is 2.48. The van der Waals surface area contributed by atoms with E-state index in [4.69, 9.17) is 10.2 Å². The second kappa shape index (κ2) is 5.40. The highest BCUT2D eigenvalue weighted by atomic mass is 16.3. The molecule has 0 saturated heterocycles. The first kappa shape index (κ1) is 12.2. The van der Waals surface area contributed by atoms with E-state index in [2.05, 4.69) is 5.32 Å². The molecule has 1 aromatic heterocycles. The van der Waals surface area contributed by atoms with Crippen molar-refractivity contribution in [2.45, 2.75) is 19.4 Å². The number of nitrogens with two attached hydrogens (primary N) is 1. The van der Waals surface area contributed by atoms with Gasteiger partial charge in [-0.3, -0.25) is 4.79 Å². The first-order chi connectivity index (χ1) is 8.65. The van der Waals surface area contributed by atoms with Gasteiger partial charge in [0.25, 0.3) is 0 Å². The van der Waals surface area contributed by atoms with Crippen molar-refractivity contribution in [3.63, 3.8) is 0 Å². The van der Waals surface area contributed by atoms with Crippen LogP contribution in [0.25, 0.3) is 0 Å². The van der Waals surface area contributed by atoms with E-state index in [0.717, 1.165) is 17.0 Å². The maximum atomic E-state index is 10.8. The Morgan fingerprint density at radius 2 is 2.06 bits per heavy atom. The van der Waals surface area contributed by atoms with Crippen LogP contribution in [0.3, 0.4) is 0 Å². The molecule has 0 spiro atoms. The molecule has 0 aliphatic rings. The highest BCUT2D eigenvalue weighted by Gasteiger charge is 2.07. The van der Waals surface area contributed by atoms with Crippen molar-refractivity contribution in [1.82, 2.24) is 0 Å². The molecule has 1 unspecified atom stereocenters. The molecule has 0 fully saturated rings. The summed E-state index contributed by atoms with van der Waals surface area (Å²) < 4.78 is 5.32. The first-order valence-corrected chi connectivity index (χ1v) is 5.82.